The molecule has 0 spiro atoms. The van der Waals surface area contributed by atoms with E-state index in [0.717, 1.165) is 21.9 Å². The van der Waals surface area contributed by atoms with Gasteiger partial charge in [0.25, 0.3) is 0 Å². The summed E-state index contributed by atoms with van der Waals surface area (Å²) in [6.45, 7) is 1.99. The van der Waals surface area contributed by atoms with E-state index in [-0.39, 0.29) is 0 Å². The van der Waals surface area contributed by atoms with Crippen molar-refractivity contribution in [3.8, 4) is 0 Å². The summed E-state index contributed by atoms with van der Waals surface area (Å²) < 4.78 is 1.85. The van der Waals surface area contributed by atoms with Gasteiger partial charge in [-0.05, 0) is 60.6 Å². The second kappa shape index (κ2) is 6.93. The molecule has 0 fully saturated rings. The number of thiophene rings is 1. The number of hydrogen-bond acceptors (Lipinski definition) is 2. The molecule has 0 aliphatic heterocycles. The van der Waals surface area contributed by atoms with Crippen molar-refractivity contribution in [2.24, 2.45) is 0 Å². The van der Waals surface area contributed by atoms with Gasteiger partial charge in [0.15, 0.2) is 0 Å². The Labute approximate surface area is 120 Å². The maximum Gasteiger partial charge on any atom is 0.107 e. The fourth-order valence-electron chi connectivity index (χ4n) is 2.07. The maximum atomic E-state index is 6.00. The van der Waals surface area contributed by atoms with Crippen LogP contribution >= 0.6 is 38.9 Å². The molecular formula is C13H17BrClNS. The van der Waals surface area contributed by atoms with Crippen LogP contribution < -0.4 is 5.32 Å². The van der Waals surface area contributed by atoms with E-state index in [1.165, 1.54) is 37.0 Å². The van der Waals surface area contributed by atoms with Gasteiger partial charge in [0.2, 0.25) is 0 Å². The number of rotatable bonds is 5. The SMILES string of the molecule is Clc1sc(CNCCC2=CCCCC2)cc1Br. The van der Waals surface area contributed by atoms with Crippen LogP contribution in [0.5, 0.6) is 0 Å². The Bertz CT molecular complexity index is 381. The van der Waals surface area contributed by atoms with Crippen molar-refractivity contribution < 1.29 is 0 Å². The second-order valence-electron chi connectivity index (χ2n) is 4.37. The molecule has 0 amide bonds. The Morgan fingerprint density at radius 3 is 2.94 bits per heavy atom. The third-order valence-electron chi connectivity index (χ3n) is 3.00. The molecule has 4 heteroatoms. The Morgan fingerprint density at radius 1 is 1.41 bits per heavy atom. The quantitative estimate of drug-likeness (QED) is 0.580. The first-order chi connectivity index (χ1) is 8.25. The monoisotopic (exact) mass is 333 g/mol. The summed E-state index contributed by atoms with van der Waals surface area (Å²) in [4.78, 5) is 1.29. The van der Waals surface area contributed by atoms with E-state index in [0.29, 0.717) is 0 Å². The number of hydrogen-bond donors (Lipinski definition) is 1. The summed E-state index contributed by atoms with van der Waals surface area (Å²) >= 11 is 11.1. The molecule has 94 valence electrons. The smallest absolute Gasteiger partial charge is 0.107 e. The van der Waals surface area contributed by atoms with E-state index in [1.54, 1.807) is 16.9 Å². The van der Waals surface area contributed by atoms with E-state index in [2.05, 4.69) is 33.4 Å². The van der Waals surface area contributed by atoms with Crippen molar-refractivity contribution in [1.29, 1.82) is 0 Å². The van der Waals surface area contributed by atoms with Crippen LogP contribution in [0.25, 0.3) is 0 Å². The van der Waals surface area contributed by atoms with Crippen LogP contribution in [0, 0.1) is 0 Å². The summed E-state index contributed by atoms with van der Waals surface area (Å²) in [5.74, 6) is 0. The van der Waals surface area contributed by atoms with Gasteiger partial charge >= 0.3 is 0 Å². The molecule has 1 aromatic heterocycles. The maximum absolute atomic E-state index is 6.00. The molecule has 0 unspecified atom stereocenters. The van der Waals surface area contributed by atoms with E-state index in [9.17, 15) is 0 Å². The van der Waals surface area contributed by atoms with Gasteiger partial charge in [-0.25, -0.2) is 0 Å². The number of allylic oxidation sites excluding steroid dienone is 1. The van der Waals surface area contributed by atoms with Crippen molar-refractivity contribution in [3.05, 3.63) is 31.4 Å². The predicted molar refractivity (Wildman–Crippen MR) is 79.9 cm³/mol. The highest BCUT2D eigenvalue weighted by Crippen LogP contribution is 2.31. The highest BCUT2D eigenvalue weighted by Gasteiger charge is 2.05. The lowest BCUT2D eigenvalue weighted by Gasteiger charge is -2.12. The number of halogens is 2. The van der Waals surface area contributed by atoms with Crippen molar-refractivity contribution in [2.75, 3.05) is 6.54 Å². The molecule has 1 aliphatic rings. The highest BCUT2D eigenvalue weighted by molar-refractivity contribution is 9.10. The average molecular weight is 335 g/mol. The summed E-state index contributed by atoms with van der Waals surface area (Å²) in [6, 6.07) is 2.10. The zero-order valence-corrected chi connectivity index (χ0v) is 12.9. The molecule has 1 N–H and O–H groups in total. The van der Waals surface area contributed by atoms with Crippen LogP contribution in [0.2, 0.25) is 4.34 Å². The van der Waals surface area contributed by atoms with Crippen LogP contribution in [-0.2, 0) is 6.54 Å². The van der Waals surface area contributed by atoms with E-state index >= 15 is 0 Å². The molecule has 1 aliphatic carbocycles. The van der Waals surface area contributed by atoms with Gasteiger partial charge in [-0.3, -0.25) is 0 Å². The van der Waals surface area contributed by atoms with Gasteiger partial charge in [-0.15, -0.1) is 11.3 Å². The van der Waals surface area contributed by atoms with Crippen LogP contribution in [0.4, 0.5) is 0 Å². The largest absolute Gasteiger partial charge is 0.312 e. The minimum atomic E-state index is 0.844. The molecule has 17 heavy (non-hydrogen) atoms. The van der Waals surface area contributed by atoms with Crippen LogP contribution in [0.1, 0.15) is 37.0 Å². The van der Waals surface area contributed by atoms with Gasteiger partial charge in [0, 0.05) is 15.9 Å². The Hall–Kier alpha value is 0.170. The average Bonchev–Trinajstić information content (AvgIpc) is 2.66. The topological polar surface area (TPSA) is 12.0 Å². The third-order valence-corrected chi connectivity index (χ3v) is 5.48. The van der Waals surface area contributed by atoms with E-state index in [4.69, 9.17) is 11.6 Å². The molecule has 0 saturated carbocycles. The van der Waals surface area contributed by atoms with Crippen molar-refractivity contribution >= 4 is 38.9 Å². The summed E-state index contributed by atoms with van der Waals surface area (Å²) in [7, 11) is 0. The first-order valence-corrected chi connectivity index (χ1v) is 8.07. The first-order valence-electron chi connectivity index (χ1n) is 6.08. The molecule has 1 aromatic rings. The van der Waals surface area contributed by atoms with Crippen molar-refractivity contribution in [2.45, 2.75) is 38.6 Å². The molecule has 0 bridgehead atoms. The molecule has 2 rings (SSSR count). The Kier molecular flexibility index (Phi) is 5.54. The molecule has 0 radical (unpaired) electrons. The predicted octanol–water partition coefficient (Wildman–Crippen LogP) is 5.14. The fourth-order valence-corrected chi connectivity index (χ4v) is 3.83. The normalized spacial score (nSPS) is 16.0. The van der Waals surface area contributed by atoms with E-state index < -0.39 is 0 Å². The summed E-state index contributed by atoms with van der Waals surface area (Å²) in [5, 5.41) is 3.48. The van der Waals surface area contributed by atoms with Gasteiger partial charge < -0.3 is 5.32 Å². The van der Waals surface area contributed by atoms with Gasteiger partial charge in [-0.2, -0.15) is 0 Å². The highest BCUT2D eigenvalue weighted by atomic mass is 79.9. The lowest BCUT2D eigenvalue weighted by molar-refractivity contribution is 0.635. The zero-order valence-electron chi connectivity index (χ0n) is 9.77. The molecule has 1 heterocycles. The van der Waals surface area contributed by atoms with Crippen LogP contribution in [0.3, 0.4) is 0 Å². The number of nitrogens with one attached hydrogen (secondary N) is 1. The standard InChI is InChI=1S/C13H17BrClNS/c14-12-8-11(17-13(12)15)9-16-7-6-10-4-2-1-3-5-10/h4,8,16H,1-3,5-7,9H2. The molecule has 0 aromatic carbocycles. The minimum Gasteiger partial charge on any atom is -0.312 e. The molecule has 0 atom stereocenters. The zero-order chi connectivity index (χ0) is 12.1. The van der Waals surface area contributed by atoms with Crippen molar-refractivity contribution in [3.63, 3.8) is 0 Å². The van der Waals surface area contributed by atoms with Crippen molar-refractivity contribution in [1.82, 2.24) is 5.32 Å². The fraction of sp³-hybridized carbons (Fsp3) is 0.538. The van der Waals surface area contributed by atoms with Crippen LogP contribution in [0.15, 0.2) is 22.2 Å². The third kappa shape index (κ3) is 4.40. The molecule has 0 saturated heterocycles. The summed E-state index contributed by atoms with van der Waals surface area (Å²) in [5.41, 5.74) is 1.63. The first kappa shape index (κ1) is 13.6. The molecular weight excluding hydrogens is 318 g/mol. The second-order valence-corrected chi connectivity index (χ2v) is 6.96. The minimum absolute atomic E-state index is 0.844. The van der Waals surface area contributed by atoms with Gasteiger partial charge in [-0.1, -0.05) is 23.3 Å². The lowest BCUT2D eigenvalue weighted by Crippen LogP contribution is -2.14. The molecule has 1 nitrogen and oxygen atoms in total. The summed E-state index contributed by atoms with van der Waals surface area (Å²) in [6.07, 6.45) is 8.95. The van der Waals surface area contributed by atoms with E-state index in [1.807, 2.05) is 0 Å². The van der Waals surface area contributed by atoms with Gasteiger partial charge in [0.05, 0.1) is 0 Å². The van der Waals surface area contributed by atoms with Gasteiger partial charge in [0.1, 0.15) is 4.34 Å². The Morgan fingerprint density at radius 2 is 2.29 bits per heavy atom. The van der Waals surface area contributed by atoms with Crippen LogP contribution in [-0.4, -0.2) is 6.54 Å². The Balaban J connectivity index is 1.67. The lowest BCUT2D eigenvalue weighted by atomic mass is 9.97.